The van der Waals surface area contributed by atoms with Gasteiger partial charge in [0.25, 0.3) is 0 Å². The second kappa shape index (κ2) is 5.31. The van der Waals surface area contributed by atoms with Crippen molar-refractivity contribution in [2.24, 2.45) is 0 Å². The van der Waals surface area contributed by atoms with Gasteiger partial charge in [0, 0.05) is 12.4 Å². The van der Waals surface area contributed by atoms with Crippen LogP contribution in [0, 0.1) is 0 Å². The summed E-state index contributed by atoms with van der Waals surface area (Å²) in [7, 11) is 0. The van der Waals surface area contributed by atoms with Gasteiger partial charge in [-0.3, -0.25) is 0 Å². The van der Waals surface area contributed by atoms with E-state index in [1.807, 2.05) is 13.8 Å². The number of rotatable bonds is 1. The van der Waals surface area contributed by atoms with Crippen molar-refractivity contribution in [2.45, 2.75) is 20.5 Å². The Balaban J connectivity index is 0.000000291. The summed E-state index contributed by atoms with van der Waals surface area (Å²) in [6.45, 7) is 3.99. The highest BCUT2D eigenvalue weighted by atomic mass is 16.3. The minimum absolute atomic E-state index is 0.00694. The summed E-state index contributed by atoms with van der Waals surface area (Å²) in [4.78, 5) is 6.45. The normalized spacial score (nSPS) is 7.89. The van der Waals surface area contributed by atoms with Crippen molar-refractivity contribution in [1.82, 2.24) is 9.97 Å². The highest BCUT2D eigenvalue weighted by Crippen LogP contribution is 1.83. The van der Waals surface area contributed by atoms with Crippen LogP contribution in [0.15, 0.2) is 12.4 Å². The summed E-state index contributed by atoms with van der Waals surface area (Å²) in [5, 5.41) is 8.33. The van der Waals surface area contributed by atoms with Crippen LogP contribution in [0.5, 0.6) is 0 Å². The number of nitrogens with zero attached hydrogens (tertiary/aromatic N) is 1. The molecule has 0 saturated heterocycles. The summed E-state index contributed by atoms with van der Waals surface area (Å²) >= 11 is 0. The Morgan fingerprint density at radius 3 is 2.56 bits per heavy atom. The van der Waals surface area contributed by atoms with Crippen molar-refractivity contribution < 1.29 is 5.11 Å². The maximum absolute atomic E-state index is 8.33. The van der Waals surface area contributed by atoms with Gasteiger partial charge >= 0.3 is 0 Å². The monoisotopic (exact) mass is 128 g/mol. The molecule has 0 aliphatic rings. The van der Waals surface area contributed by atoms with Crippen molar-refractivity contribution >= 4 is 0 Å². The molecule has 0 aromatic carbocycles. The van der Waals surface area contributed by atoms with E-state index in [9.17, 15) is 0 Å². The van der Waals surface area contributed by atoms with Gasteiger partial charge < -0.3 is 10.1 Å². The average molecular weight is 128 g/mol. The fourth-order valence-electron chi connectivity index (χ4n) is 0.384. The molecular formula is C6H12N2O. The highest BCUT2D eigenvalue weighted by Gasteiger charge is 1.84. The molecule has 0 aliphatic heterocycles. The van der Waals surface area contributed by atoms with Crippen LogP contribution in [0.2, 0.25) is 0 Å². The van der Waals surface area contributed by atoms with Gasteiger partial charge in [-0.25, -0.2) is 4.98 Å². The van der Waals surface area contributed by atoms with Gasteiger partial charge in [0.2, 0.25) is 0 Å². The summed E-state index contributed by atoms with van der Waals surface area (Å²) in [6, 6.07) is 0. The number of aromatic amines is 1. The molecule has 0 saturated carbocycles. The van der Waals surface area contributed by atoms with E-state index in [1.165, 1.54) is 0 Å². The number of nitrogens with one attached hydrogen (secondary N) is 1. The molecular weight excluding hydrogens is 116 g/mol. The second-order valence-corrected chi connectivity index (χ2v) is 1.19. The Hall–Kier alpha value is -0.830. The molecule has 1 aromatic rings. The first-order valence-electron chi connectivity index (χ1n) is 3.02. The number of imidazole rings is 1. The van der Waals surface area contributed by atoms with E-state index in [2.05, 4.69) is 9.97 Å². The summed E-state index contributed by atoms with van der Waals surface area (Å²) in [6.07, 6.45) is 3.27. The first-order valence-corrected chi connectivity index (χ1v) is 3.02. The molecule has 0 unspecified atom stereocenters. The fraction of sp³-hybridized carbons (Fsp3) is 0.500. The van der Waals surface area contributed by atoms with Crippen LogP contribution in [0.1, 0.15) is 19.7 Å². The lowest BCUT2D eigenvalue weighted by Crippen LogP contribution is -1.82. The molecule has 9 heavy (non-hydrogen) atoms. The Bertz CT molecular complexity index is 126. The van der Waals surface area contributed by atoms with Gasteiger partial charge in [-0.2, -0.15) is 0 Å². The molecule has 1 heterocycles. The Morgan fingerprint density at radius 1 is 1.67 bits per heavy atom. The van der Waals surface area contributed by atoms with Crippen molar-refractivity contribution in [3.8, 4) is 0 Å². The number of hydrogen-bond acceptors (Lipinski definition) is 2. The molecule has 0 spiro atoms. The average Bonchev–Trinajstić information content (AvgIpc) is 2.43. The molecule has 0 radical (unpaired) electrons. The van der Waals surface area contributed by atoms with Crippen molar-refractivity contribution in [1.29, 1.82) is 0 Å². The predicted octanol–water partition coefficient (Wildman–Crippen LogP) is 0.928. The summed E-state index contributed by atoms with van der Waals surface area (Å²) in [5.41, 5.74) is 0. The molecule has 1 aromatic heterocycles. The van der Waals surface area contributed by atoms with Crippen LogP contribution in [0.4, 0.5) is 0 Å². The molecule has 0 aliphatic carbocycles. The van der Waals surface area contributed by atoms with Crippen LogP contribution in [0.25, 0.3) is 0 Å². The summed E-state index contributed by atoms with van der Waals surface area (Å²) < 4.78 is 0. The maximum Gasteiger partial charge on any atom is 0.131 e. The first kappa shape index (κ1) is 8.17. The summed E-state index contributed by atoms with van der Waals surface area (Å²) in [5.74, 6) is 0.611. The van der Waals surface area contributed by atoms with Gasteiger partial charge in [-0.05, 0) is 0 Å². The molecule has 1 rings (SSSR count). The molecule has 3 nitrogen and oxygen atoms in total. The van der Waals surface area contributed by atoms with Crippen molar-refractivity contribution in [3.63, 3.8) is 0 Å². The topological polar surface area (TPSA) is 48.9 Å². The van der Waals surface area contributed by atoms with E-state index >= 15 is 0 Å². The van der Waals surface area contributed by atoms with Gasteiger partial charge in [0.1, 0.15) is 12.4 Å². The molecule has 0 fully saturated rings. The lowest BCUT2D eigenvalue weighted by Gasteiger charge is -1.79. The van der Waals surface area contributed by atoms with Gasteiger partial charge in [0.15, 0.2) is 0 Å². The zero-order chi connectivity index (χ0) is 7.11. The molecule has 3 heteroatoms. The SMILES string of the molecule is CC.OCc1ncc[nH]1. The van der Waals surface area contributed by atoms with E-state index < -0.39 is 0 Å². The minimum atomic E-state index is -0.00694. The minimum Gasteiger partial charge on any atom is -0.388 e. The molecule has 0 amide bonds. The van der Waals surface area contributed by atoms with Gasteiger partial charge in [-0.15, -0.1) is 0 Å². The largest absolute Gasteiger partial charge is 0.388 e. The van der Waals surface area contributed by atoms with Crippen molar-refractivity contribution in [3.05, 3.63) is 18.2 Å². The number of hydrogen-bond donors (Lipinski definition) is 2. The lowest BCUT2D eigenvalue weighted by atomic mass is 10.7. The second-order valence-electron chi connectivity index (χ2n) is 1.19. The number of aliphatic hydroxyl groups excluding tert-OH is 1. The quantitative estimate of drug-likeness (QED) is 0.591. The van der Waals surface area contributed by atoms with Crippen LogP contribution >= 0.6 is 0 Å². The van der Waals surface area contributed by atoms with Crippen LogP contribution in [-0.4, -0.2) is 15.1 Å². The third-order valence-corrected chi connectivity index (χ3v) is 0.705. The van der Waals surface area contributed by atoms with E-state index in [0.717, 1.165) is 0 Å². The van der Waals surface area contributed by atoms with E-state index in [-0.39, 0.29) is 6.61 Å². The molecule has 0 atom stereocenters. The lowest BCUT2D eigenvalue weighted by molar-refractivity contribution is 0.272. The fourth-order valence-corrected chi connectivity index (χ4v) is 0.384. The van der Waals surface area contributed by atoms with Gasteiger partial charge in [-0.1, -0.05) is 13.8 Å². The first-order chi connectivity index (χ1) is 4.43. The van der Waals surface area contributed by atoms with Crippen LogP contribution < -0.4 is 0 Å². The molecule has 52 valence electrons. The zero-order valence-corrected chi connectivity index (χ0v) is 5.76. The third-order valence-electron chi connectivity index (χ3n) is 0.705. The maximum atomic E-state index is 8.33. The Labute approximate surface area is 54.8 Å². The van der Waals surface area contributed by atoms with E-state index in [4.69, 9.17) is 5.11 Å². The Kier molecular flexibility index (Phi) is 4.82. The highest BCUT2D eigenvalue weighted by molar-refractivity contribution is 4.82. The van der Waals surface area contributed by atoms with Gasteiger partial charge in [0.05, 0.1) is 0 Å². The van der Waals surface area contributed by atoms with E-state index in [0.29, 0.717) is 5.82 Å². The smallest absolute Gasteiger partial charge is 0.131 e. The third kappa shape index (κ3) is 2.87. The van der Waals surface area contributed by atoms with E-state index in [1.54, 1.807) is 12.4 Å². The van der Waals surface area contributed by atoms with Crippen LogP contribution in [-0.2, 0) is 6.61 Å². The number of H-pyrrole nitrogens is 1. The number of aromatic nitrogens is 2. The zero-order valence-electron chi connectivity index (χ0n) is 5.76. The number of aliphatic hydroxyl groups is 1. The van der Waals surface area contributed by atoms with Crippen molar-refractivity contribution in [2.75, 3.05) is 0 Å². The van der Waals surface area contributed by atoms with Crippen LogP contribution in [0.3, 0.4) is 0 Å². The molecule has 2 N–H and O–H groups in total. The molecule has 0 bridgehead atoms. The standard InChI is InChI=1S/C4H6N2O.C2H6/c7-3-4-5-1-2-6-4;1-2/h1-2,7H,3H2,(H,5,6);1-2H3. The predicted molar refractivity (Wildman–Crippen MR) is 35.9 cm³/mol. The Morgan fingerprint density at radius 2 is 2.33 bits per heavy atom.